The van der Waals surface area contributed by atoms with Gasteiger partial charge in [0.15, 0.2) is 0 Å². The third kappa shape index (κ3) is 4.11. The molecule has 0 radical (unpaired) electrons. The Kier molecular flexibility index (Phi) is 5.48. The van der Waals surface area contributed by atoms with E-state index in [9.17, 15) is 9.59 Å². The molecule has 2 atom stereocenters. The van der Waals surface area contributed by atoms with E-state index in [0.29, 0.717) is 18.0 Å². The number of hydrogen-bond acceptors (Lipinski definition) is 2. The number of carboxylic acid groups (broad SMARTS) is 1. The van der Waals surface area contributed by atoms with Gasteiger partial charge in [-0.2, -0.15) is 0 Å². The Morgan fingerprint density at radius 2 is 1.62 bits per heavy atom. The molecule has 2 aliphatic rings. The summed E-state index contributed by atoms with van der Waals surface area (Å²) < 4.78 is 0. The van der Waals surface area contributed by atoms with Crippen molar-refractivity contribution in [3.8, 4) is 0 Å². The number of carbonyl (C=O) groups is 2. The van der Waals surface area contributed by atoms with Gasteiger partial charge in [0, 0.05) is 31.6 Å². The molecule has 2 saturated heterocycles. The molecule has 2 rings (SSSR count). The number of amides is 2. The van der Waals surface area contributed by atoms with Crippen molar-refractivity contribution in [2.75, 3.05) is 13.1 Å². The molecule has 0 aliphatic carbocycles. The standard InChI is InChI=1S/C16H28N2O3/c1-12-4-3-5-13(2)18(12)16(21)17-10-8-14(9-11-17)6-7-15(19)20/h12-14H,3-11H2,1-2H3,(H,19,20)/t12-,13+. The van der Waals surface area contributed by atoms with Crippen LogP contribution in [0, 0.1) is 5.92 Å². The van der Waals surface area contributed by atoms with Gasteiger partial charge >= 0.3 is 12.0 Å². The van der Waals surface area contributed by atoms with E-state index in [-0.39, 0.29) is 12.5 Å². The molecule has 0 bridgehead atoms. The number of piperidine rings is 2. The molecule has 2 fully saturated rings. The Hall–Kier alpha value is -1.26. The number of carboxylic acids is 1. The Labute approximate surface area is 127 Å². The summed E-state index contributed by atoms with van der Waals surface area (Å²) in [6.07, 6.45) is 6.29. The van der Waals surface area contributed by atoms with Crippen LogP contribution in [-0.2, 0) is 4.79 Å². The van der Waals surface area contributed by atoms with E-state index < -0.39 is 5.97 Å². The highest BCUT2D eigenvalue weighted by Gasteiger charge is 2.33. The van der Waals surface area contributed by atoms with Gasteiger partial charge < -0.3 is 14.9 Å². The van der Waals surface area contributed by atoms with Crippen molar-refractivity contribution in [3.63, 3.8) is 0 Å². The summed E-state index contributed by atoms with van der Waals surface area (Å²) in [6, 6.07) is 0.864. The smallest absolute Gasteiger partial charge is 0.320 e. The van der Waals surface area contributed by atoms with Crippen molar-refractivity contribution < 1.29 is 14.7 Å². The molecular weight excluding hydrogens is 268 g/mol. The van der Waals surface area contributed by atoms with E-state index in [1.54, 1.807) is 0 Å². The lowest BCUT2D eigenvalue weighted by atomic mass is 9.92. The van der Waals surface area contributed by atoms with Crippen molar-refractivity contribution in [3.05, 3.63) is 0 Å². The van der Waals surface area contributed by atoms with Crippen LogP contribution in [0.4, 0.5) is 4.79 Å². The van der Waals surface area contributed by atoms with Crippen molar-refractivity contribution in [1.82, 2.24) is 9.80 Å². The van der Waals surface area contributed by atoms with Crippen LogP contribution in [-0.4, -0.2) is 52.1 Å². The minimum Gasteiger partial charge on any atom is -0.481 e. The normalized spacial score (nSPS) is 27.7. The van der Waals surface area contributed by atoms with Gasteiger partial charge in [-0.25, -0.2) is 4.79 Å². The van der Waals surface area contributed by atoms with Crippen LogP contribution in [0.3, 0.4) is 0 Å². The summed E-state index contributed by atoms with van der Waals surface area (Å²) in [5.41, 5.74) is 0. The van der Waals surface area contributed by atoms with Crippen LogP contribution in [0.25, 0.3) is 0 Å². The van der Waals surface area contributed by atoms with Crippen LogP contribution >= 0.6 is 0 Å². The third-order valence-corrected chi connectivity index (χ3v) is 5.07. The second-order valence-corrected chi connectivity index (χ2v) is 6.68. The molecule has 2 heterocycles. The molecule has 2 aliphatic heterocycles. The van der Waals surface area contributed by atoms with Crippen molar-refractivity contribution >= 4 is 12.0 Å². The Morgan fingerprint density at radius 1 is 1.05 bits per heavy atom. The van der Waals surface area contributed by atoms with Gasteiger partial charge in [-0.3, -0.25) is 4.79 Å². The van der Waals surface area contributed by atoms with Gasteiger partial charge in [0.2, 0.25) is 0 Å². The fourth-order valence-electron chi connectivity index (χ4n) is 3.70. The number of rotatable bonds is 3. The minimum absolute atomic E-state index is 0.186. The zero-order valence-electron chi connectivity index (χ0n) is 13.3. The van der Waals surface area contributed by atoms with E-state index in [1.807, 2.05) is 4.90 Å². The van der Waals surface area contributed by atoms with Crippen LogP contribution in [0.1, 0.15) is 58.8 Å². The summed E-state index contributed by atoms with van der Waals surface area (Å²) >= 11 is 0. The Bertz CT molecular complexity index is 368. The maximum atomic E-state index is 12.7. The maximum absolute atomic E-state index is 12.7. The van der Waals surface area contributed by atoms with Gasteiger partial charge in [0.05, 0.1) is 0 Å². The zero-order valence-corrected chi connectivity index (χ0v) is 13.3. The average Bonchev–Trinajstić information content (AvgIpc) is 2.45. The molecule has 2 amide bonds. The first-order valence-corrected chi connectivity index (χ1v) is 8.28. The van der Waals surface area contributed by atoms with Crippen LogP contribution in [0.15, 0.2) is 0 Å². The fourth-order valence-corrected chi connectivity index (χ4v) is 3.70. The predicted octanol–water partition coefficient (Wildman–Crippen LogP) is 2.95. The highest BCUT2D eigenvalue weighted by atomic mass is 16.4. The molecule has 0 aromatic rings. The molecule has 0 aromatic heterocycles. The first-order chi connectivity index (χ1) is 9.99. The second kappa shape index (κ2) is 7.14. The highest BCUT2D eigenvalue weighted by Crippen LogP contribution is 2.27. The van der Waals surface area contributed by atoms with E-state index in [4.69, 9.17) is 5.11 Å². The molecule has 0 spiro atoms. The van der Waals surface area contributed by atoms with E-state index in [1.165, 1.54) is 6.42 Å². The Balaban J connectivity index is 1.83. The largest absolute Gasteiger partial charge is 0.481 e. The lowest BCUT2D eigenvalue weighted by Gasteiger charge is -2.43. The SMILES string of the molecule is C[C@@H]1CCC[C@H](C)N1C(=O)N1CCC(CCC(=O)O)CC1. The summed E-state index contributed by atoms with van der Waals surface area (Å²) in [6.45, 7) is 5.85. The summed E-state index contributed by atoms with van der Waals surface area (Å²) in [5.74, 6) is -0.258. The van der Waals surface area contributed by atoms with E-state index in [0.717, 1.165) is 45.2 Å². The van der Waals surface area contributed by atoms with Crippen molar-refractivity contribution in [2.24, 2.45) is 5.92 Å². The molecule has 120 valence electrons. The van der Waals surface area contributed by atoms with Gasteiger partial charge in [0.1, 0.15) is 0 Å². The number of urea groups is 1. The Morgan fingerprint density at radius 3 is 2.14 bits per heavy atom. The number of likely N-dealkylation sites (tertiary alicyclic amines) is 2. The van der Waals surface area contributed by atoms with Crippen molar-refractivity contribution in [2.45, 2.75) is 70.9 Å². The highest BCUT2D eigenvalue weighted by molar-refractivity contribution is 5.75. The first-order valence-electron chi connectivity index (χ1n) is 8.28. The van der Waals surface area contributed by atoms with Gasteiger partial charge in [-0.1, -0.05) is 0 Å². The summed E-state index contributed by atoms with van der Waals surface area (Å²) in [7, 11) is 0. The molecule has 0 saturated carbocycles. The number of nitrogens with zero attached hydrogens (tertiary/aromatic N) is 2. The molecule has 5 nitrogen and oxygen atoms in total. The quantitative estimate of drug-likeness (QED) is 0.871. The average molecular weight is 296 g/mol. The molecule has 0 unspecified atom stereocenters. The maximum Gasteiger partial charge on any atom is 0.320 e. The van der Waals surface area contributed by atoms with Gasteiger partial charge in [-0.05, 0) is 58.3 Å². The van der Waals surface area contributed by atoms with Gasteiger partial charge in [0.25, 0.3) is 0 Å². The lowest BCUT2D eigenvalue weighted by molar-refractivity contribution is -0.137. The van der Waals surface area contributed by atoms with E-state index in [2.05, 4.69) is 18.7 Å². The molecule has 0 aromatic carbocycles. The minimum atomic E-state index is -0.718. The molecular formula is C16H28N2O3. The monoisotopic (exact) mass is 296 g/mol. The third-order valence-electron chi connectivity index (χ3n) is 5.07. The second-order valence-electron chi connectivity index (χ2n) is 6.68. The van der Waals surface area contributed by atoms with Gasteiger partial charge in [-0.15, -0.1) is 0 Å². The van der Waals surface area contributed by atoms with Crippen LogP contribution < -0.4 is 0 Å². The summed E-state index contributed by atoms with van der Waals surface area (Å²) in [5, 5.41) is 8.74. The first kappa shape index (κ1) is 16.1. The zero-order chi connectivity index (χ0) is 15.4. The van der Waals surface area contributed by atoms with Crippen LogP contribution in [0.2, 0.25) is 0 Å². The van der Waals surface area contributed by atoms with E-state index >= 15 is 0 Å². The lowest BCUT2D eigenvalue weighted by Crippen LogP contribution is -2.54. The number of carbonyl (C=O) groups excluding carboxylic acids is 1. The molecule has 1 N–H and O–H groups in total. The van der Waals surface area contributed by atoms with Crippen molar-refractivity contribution in [1.29, 1.82) is 0 Å². The topological polar surface area (TPSA) is 60.9 Å². The predicted molar refractivity (Wildman–Crippen MR) is 81.2 cm³/mol. The molecule has 5 heteroatoms. The van der Waals surface area contributed by atoms with Crippen LogP contribution in [0.5, 0.6) is 0 Å². The fraction of sp³-hybridized carbons (Fsp3) is 0.875. The number of aliphatic carboxylic acids is 1. The number of hydrogen-bond donors (Lipinski definition) is 1. The summed E-state index contributed by atoms with van der Waals surface area (Å²) in [4.78, 5) is 27.4. The molecule has 21 heavy (non-hydrogen) atoms.